The summed E-state index contributed by atoms with van der Waals surface area (Å²) in [7, 11) is 0. The van der Waals surface area contributed by atoms with E-state index in [4.69, 9.17) is 0 Å². The Hall–Kier alpha value is -0.780. The normalized spacial score (nSPS) is 12.6. The van der Waals surface area contributed by atoms with Gasteiger partial charge in [0.05, 0.1) is 0 Å². The Morgan fingerprint density at radius 3 is 2.30 bits per heavy atom. The minimum atomic E-state index is 1.18. The van der Waals surface area contributed by atoms with Gasteiger partial charge in [-0.3, -0.25) is 0 Å². The lowest BCUT2D eigenvalue weighted by Gasteiger charge is -1.78. The molecule has 0 aromatic carbocycles. The van der Waals surface area contributed by atoms with Crippen molar-refractivity contribution in [2.45, 2.75) is 26.7 Å². The lowest BCUT2D eigenvalue weighted by molar-refractivity contribution is 0.959. The van der Waals surface area contributed by atoms with E-state index in [9.17, 15) is 0 Å². The molecular formula is C10H16. The first kappa shape index (κ1) is 9.22. The van der Waals surface area contributed by atoms with Crippen molar-refractivity contribution in [1.29, 1.82) is 0 Å². The first-order chi connectivity index (χ1) is 4.91. The molecule has 0 aliphatic heterocycles. The fraction of sp³-hybridized carbons (Fsp3) is 0.400. The molecule has 0 aliphatic rings. The Bertz CT molecular complexity index is 127. The lowest BCUT2D eigenvalue weighted by atomic mass is 10.3. The van der Waals surface area contributed by atoms with Gasteiger partial charge in [-0.05, 0) is 13.3 Å². The predicted molar refractivity (Wildman–Crippen MR) is 48.0 cm³/mol. The molecule has 56 valence electrons. The molecule has 10 heavy (non-hydrogen) atoms. The van der Waals surface area contributed by atoms with Crippen molar-refractivity contribution >= 4 is 0 Å². The molecule has 0 radical (unpaired) electrons. The van der Waals surface area contributed by atoms with Gasteiger partial charge >= 0.3 is 0 Å². The van der Waals surface area contributed by atoms with Gasteiger partial charge in [-0.1, -0.05) is 49.8 Å². The van der Waals surface area contributed by atoms with Gasteiger partial charge in [0.25, 0.3) is 0 Å². The summed E-state index contributed by atoms with van der Waals surface area (Å²) in [5.41, 5.74) is 0. The zero-order chi connectivity index (χ0) is 7.66. The number of unbranched alkanes of at least 4 members (excludes halogenated alkanes) is 1. The summed E-state index contributed by atoms with van der Waals surface area (Å²) in [5.74, 6) is 0. The van der Waals surface area contributed by atoms with Crippen LogP contribution in [0.5, 0.6) is 0 Å². The van der Waals surface area contributed by atoms with Crippen molar-refractivity contribution in [3.8, 4) is 0 Å². The Labute approximate surface area is 64.0 Å². The van der Waals surface area contributed by atoms with E-state index < -0.39 is 0 Å². The second-order valence-corrected chi connectivity index (χ2v) is 2.13. The molecule has 0 bridgehead atoms. The Balaban J connectivity index is 3.32. The third kappa shape index (κ3) is 7.22. The van der Waals surface area contributed by atoms with E-state index >= 15 is 0 Å². The van der Waals surface area contributed by atoms with Crippen LogP contribution in [0.2, 0.25) is 0 Å². The van der Waals surface area contributed by atoms with E-state index in [0.717, 1.165) is 0 Å². The van der Waals surface area contributed by atoms with E-state index in [0.29, 0.717) is 0 Å². The van der Waals surface area contributed by atoms with Crippen molar-refractivity contribution in [2.24, 2.45) is 0 Å². The van der Waals surface area contributed by atoms with Crippen LogP contribution >= 0.6 is 0 Å². The average Bonchev–Trinajstić information content (AvgIpc) is 1.97. The van der Waals surface area contributed by atoms with E-state index in [-0.39, 0.29) is 0 Å². The largest absolute Gasteiger partial charge is 0.0877 e. The molecule has 0 unspecified atom stereocenters. The third-order valence-electron chi connectivity index (χ3n) is 1.12. The maximum atomic E-state index is 2.18. The van der Waals surface area contributed by atoms with Crippen LogP contribution in [0.15, 0.2) is 36.5 Å². The van der Waals surface area contributed by atoms with Crippen molar-refractivity contribution in [3.05, 3.63) is 36.5 Å². The molecule has 0 atom stereocenters. The van der Waals surface area contributed by atoms with Gasteiger partial charge < -0.3 is 0 Å². The van der Waals surface area contributed by atoms with E-state index in [1.165, 1.54) is 12.8 Å². The highest BCUT2D eigenvalue weighted by Gasteiger charge is 1.67. The monoisotopic (exact) mass is 136 g/mol. The summed E-state index contributed by atoms with van der Waals surface area (Å²) in [6, 6.07) is 0. The van der Waals surface area contributed by atoms with Crippen LogP contribution in [-0.4, -0.2) is 0 Å². The molecule has 0 fully saturated rings. The highest BCUT2D eigenvalue weighted by molar-refractivity contribution is 5.10. The topological polar surface area (TPSA) is 0 Å². The van der Waals surface area contributed by atoms with Crippen LogP contribution in [0, 0.1) is 0 Å². The summed E-state index contributed by atoms with van der Waals surface area (Å²) < 4.78 is 0. The maximum Gasteiger partial charge on any atom is -0.0350 e. The Kier molecular flexibility index (Phi) is 7.58. The zero-order valence-corrected chi connectivity index (χ0v) is 6.88. The highest BCUT2D eigenvalue weighted by Crippen LogP contribution is 1.88. The molecule has 0 N–H and O–H groups in total. The molecule has 0 rings (SSSR count). The highest BCUT2D eigenvalue weighted by atomic mass is 13.7. The first-order valence-electron chi connectivity index (χ1n) is 3.86. The number of allylic oxidation sites excluding steroid dienone is 6. The van der Waals surface area contributed by atoms with Crippen molar-refractivity contribution < 1.29 is 0 Å². The van der Waals surface area contributed by atoms with Gasteiger partial charge in [0.1, 0.15) is 0 Å². The summed E-state index contributed by atoms with van der Waals surface area (Å²) in [6.45, 7) is 4.19. The molecule has 0 aromatic rings. The summed E-state index contributed by atoms with van der Waals surface area (Å²) in [6.07, 6.45) is 14.8. The van der Waals surface area contributed by atoms with Gasteiger partial charge in [0.15, 0.2) is 0 Å². The smallest absolute Gasteiger partial charge is 0.0350 e. The molecular weight excluding hydrogens is 120 g/mol. The zero-order valence-electron chi connectivity index (χ0n) is 6.88. The van der Waals surface area contributed by atoms with Gasteiger partial charge in [-0.2, -0.15) is 0 Å². The van der Waals surface area contributed by atoms with Crippen LogP contribution in [0.4, 0.5) is 0 Å². The second kappa shape index (κ2) is 8.22. The summed E-state index contributed by atoms with van der Waals surface area (Å²) in [5, 5.41) is 0. The van der Waals surface area contributed by atoms with E-state index in [1.54, 1.807) is 0 Å². The van der Waals surface area contributed by atoms with Gasteiger partial charge in [0, 0.05) is 0 Å². The van der Waals surface area contributed by atoms with Crippen LogP contribution in [-0.2, 0) is 0 Å². The molecule has 0 nitrogen and oxygen atoms in total. The fourth-order valence-corrected chi connectivity index (χ4v) is 0.581. The van der Waals surface area contributed by atoms with Gasteiger partial charge in [-0.15, -0.1) is 0 Å². The summed E-state index contributed by atoms with van der Waals surface area (Å²) in [4.78, 5) is 0. The molecule has 0 amide bonds. The van der Waals surface area contributed by atoms with Crippen LogP contribution in [0.1, 0.15) is 26.7 Å². The van der Waals surface area contributed by atoms with E-state index in [1.807, 2.05) is 25.2 Å². The maximum absolute atomic E-state index is 2.18. The molecule has 0 aromatic heterocycles. The predicted octanol–water partition coefficient (Wildman–Crippen LogP) is 3.48. The minimum absolute atomic E-state index is 1.18. The van der Waals surface area contributed by atoms with Gasteiger partial charge in [0.2, 0.25) is 0 Å². The SMILES string of the molecule is CC=CC=CC=CCCC. The molecule has 0 saturated heterocycles. The van der Waals surface area contributed by atoms with Crippen LogP contribution < -0.4 is 0 Å². The molecule has 0 saturated carbocycles. The quantitative estimate of drug-likeness (QED) is 0.519. The molecule has 0 spiro atoms. The van der Waals surface area contributed by atoms with Crippen molar-refractivity contribution in [3.63, 3.8) is 0 Å². The first-order valence-corrected chi connectivity index (χ1v) is 3.86. The number of rotatable bonds is 4. The number of hydrogen-bond acceptors (Lipinski definition) is 0. The second-order valence-electron chi connectivity index (χ2n) is 2.13. The van der Waals surface area contributed by atoms with Crippen molar-refractivity contribution in [1.82, 2.24) is 0 Å². The average molecular weight is 136 g/mol. The molecule has 0 heterocycles. The Morgan fingerprint density at radius 2 is 1.70 bits per heavy atom. The lowest BCUT2D eigenvalue weighted by Crippen LogP contribution is -1.58. The van der Waals surface area contributed by atoms with Crippen LogP contribution in [0.25, 0.3) is 0 Å². The fourth-order valence-electron chi connectivity index (χ4n) is 0.581. The van der Waals surface area contributed by atoms with E-state index in [2.05, 4.69) is 25.2 Å². The standard InChI is InChI=1S/C10H16/c1-3-5-7-9-10-8-6-4-2/h3,5,7-10H,4,6H2,1-2H3. The third-order valence-corrected chi connectivity index (χ3v) is 1.12. The summed E-state index contributed by atoms with van der Waals surface area (Å²) >= 11 is 0. The number of hydrogen-bond donors (Lipinski definition) is 0. The van der Waals surface area contributed by atoms with Crippen LogP contribution in [0.3, 0.4) is 0 Å². The van der Waals surface area contributed by atoms with Gasteiger partial charge in [-0.25, -0.2) is 0 Å². The van der Waals surface area contributed by atoms with Crippen molar-refractivity contribution in [2.75, 3.05) is 0 Å². The molecule has 0 aliphatic carbocycles. The minimum Gasteiger partial charge on any atom is -0.0877 e. The Morgan fingerprint density at radius 1 is 1.00 bits per heavy atom. The molecule has 0 heteroatoms.